The second-order valence-electron chi connectivity index (χ2n) is 9.31. The van der Waals surface area contributed by atoms with E-state index in [1.165, 1.54) is 28.7 Å². The first-order valence-corrected chi connectivity index (χ1v) is 12.1. The zero-order valence-corrected chi connectivity index (χ0v) is 19.9. The molecule has 0 aliphatic carbocycles. The van der Waals surface area contributed by atoms with Gasteiger partial charge in [-0.1, -0.05) is 18.2 Å². The summed E-state index contributed by atoms with van der Waals surface area (Å²) in [4.78, 5) is 30.6. The number of likely N-dealkylation sites (tertiary alicyclic amines) is 1. The van der Waals surface area contributed by atoms with Gasteiger partial charge >= 0.3 is 12.1 Å². The monoisotopic (exact) mass is 488 g/mol. The summed E-state index contributed by atoms with van der Waals surface area (Å²) < 4.78 is 40.3. The minimum atomic E-state index is -1.00. The zero-order chi connectivity index (χ0) is 24.9. The van der Waals surface area contributed by atoms with Crippen LogP contribution in [0, 0.1) is 17.5 Å². The normalized spacial score (nSPS) is 19.8. The predicted molar refractivity (Wildman–Crippen MR) is 126 cm³/mol. The second kappa shape index (κ2) is 11.1. The molecule has 2 heterocycles. The summed E-state index contributed by atoms with van der Waals surface area (Å²) in [7, 11) is 1.61. The van der Waals surface area contributed by atoms with Crippen molar-refractivity contribution in [2.24, 2.45) is 0 Å². The Labute approximate surface area is 203 Å². The Bertz CT molecular complexity index is 1040. The Morgan fingerprint density at radius 3 is 2.31 bits per heavy atom. The van der Waals surface area contributed by atoms with Gasteiger partial charge in [-0.25, -0.2) is 27.7 Å². The molecule has 0 radical (unpaired) electrons. The molecule has 0 bridgehead atoms. The predicted octanol–water partition coefficient (Wildman–Crippen LogP) is 4.88. The number of benzene rings is 2. The third-order valence-electron chi connectivity index (χ3n) is 6.99. The lowest BCUT2D eigenvalue weighted by Gasteiger charge is -2.38. The Morgan fingerprint density at radius 2 is 1.63 bits per heavy atom. The molecule has 35 heavy (non-hydrogen) atoms. The molecule has 4 rings (SSSR count). The van der Waals surface area contributed by atoms with Crippen molar-refractivity contribution in [1.29, 1.82) is 0 Å². The van der Waals surface area contributed by atoms with Crippen LogP contribution in [0.3, 0.4) is 0 Å². The quantitative estimate of drug-likeness (QED) is 0.590. The lowest BCUT2D eigenvalue weighted by atomic mass is 9.89. The zero-order valence-electron chi connectivity index (χ0n) is 19.9. The number of halogens is 3. The number of piperidine rings is 1. The van der Waals surface area contributed by atoms with Gasteiger partial charge in [0.05, 0.1) is 6.04 Å². The number of hydrogen-bond acceptors (Lipinski definition) is 3. The maximum absolute atomic E-state index is 13.8. The number of hydrogen-bond donors (Lipinski definition) is 1. The first-order chi connectivity index (χ1) is 16.8. The molecule has 1 unspecified atom stereocenters. The molecular formula is C26H31F3N4O2. The molecular weight excluding hydrogens is 457 g/mol. The third-order valence-corrected chi connectivity index (χ3v) is 6.99. The third kappa shape index (κ3) is 5.96. The molecule has 0 saturated carbocycles. The molecule has 1 N–H and O–H groups in total. The lowest BCUT2D eigenvalue weighted by molar-refractivity contribution is 0.119. The van der Waals surface area contributed by atoms with Gasteiger partial charge in [0.2, 0.25) is 0 Å². The summed E-state index contributed by atoms with van der Waals surface area (Å²) in [6.07, 6.45) is 3.16. The Hall–Kier alpha value is -3.07. The van der Waals surface area contributed by atoms with Gasteiger partial charge in [0.25, 0.3) is 0 Å². The van der Waals surface area contributed by atoms with Crippen molar-refractivity contribution in [3.63, 3.8) is 0 Å². The van der Waals surface area contributed by atoms with E-state index in [4.69, 9.17) is 0 Å². The van der Waals surface area contributed by atoms with Gasteiger partial charge in [0.15, 0.2) is 11.6 Å². The van der Waals surface area contributed by atoms with Crippen LogP contribution in [-0.4, -0.2) is 66.5 Å². The largest absolute Gasteiger partial charge is 0.338 e. The fourth-order valence-electron chi connectivity index (χ4n) is 4.93. The second-order valence-corrected chi connectivity index (χ2v) is 9.31. The highest BCUT2D eigenvalue weighted by molar-refractivity contribution is 5.94. The van der Waals surface area contributed by atoms with Crippen LogP contribution in [0.15, 0.2) is 42.5 Å². The van der Waals surface area contributed by atoms with Crippen molar-refractivity contribution >= 4 is 12.1 Å². The van der Waals surface area contributed by atoms with Gasteiger partial charge in [-0.2, -0.15) is 0 Å². The minimum absolute atomic E-state index is 0.220. The summed E-state index contributed by atoms with van der Waals surface area (Å²) in [5.41, 5.74) is 1.56. The number of carbonyl (C=O) groups is 2. The lowest BCUT2D eigenvalue weighted by Crippen LogP contribution is -2.54. The molecule has 2 aliphatic heterocycles. The molecule has 9 heteroatoms. The van der Waals surface area contributed by atoms with Gasteiger partial charge < -0.3 is 15.1 Å². The molecule has 1 atom stereocenters. The van der Waals surface area contributed by atoms with Crippen molar-refractivity contribution < 1.29 is 22.8 Å². The van der Waals surface area contributed by atoms with Gasteiger partial charge in [-0.15, -0.1) is 0 Å². The van der Waals surface area contributed by atoms with Crippen LogP contribution in [0.4, 0.5) is 22.8 Å². The van der Waals surface area contributed by atoms with Crippen molar-refractivity contribution in [2.75, 3.05) is 39.8 Å². The summed E-state index contributed by atoms with van der Waals surface area (Å²) >= 11 is 0. The number of urea groups is 2. The van der Waals surface area contributed by atoms with Crippen LogP contribution in [-0.2, 0) is 0 Å². The molecule has 2 aromatic carbocycles. The van der Waals surface area contributed by atoms with Gasteiger partial charge in [-0.05, 0) is 86.6 Å². The van der Waals surface area contributed by atoms with E-state index in [0.29, 0.717) is 31.0 Å². The first-order valence-electron chi connectivity index (χ1n) is 12.1. The Morgan fingerprint density at radius 1 is 0.943 bits per heavy atom. The SMILES string of the molecule is CN1CCC(c2ccc(F)c(F)c2)N(C(=O)NCCCN2CCC(c3ccc(F)cc3)CC2)C1=O. The van der Waals surface area contributed by atoms with Crippen LogP contribution in [0.2, 0.25) is 0 Å². The minimum Gasteiger partial charge on any atom is -0.338 e. The van der Waals surface area contributed by atoms with Crippen LogP contribution >= 0.6 is 0 Å². The van der Waals surface area contributed by atoms with E-state index in [9.17, 15) is 22.8 Å². The fraction of sp³-hybridized carbons (Fsp3) is 0.462. The fourth-order valence-corrected chi connectivity index (χ4v) is 4.93. The molecule has 2 aliphatic rings. The number of amides is 4. The van der Waals surface area contributed by atoms with Crippen LogP contribution < -0.4 is 5.32 Å². The highest BCUT2D eigenvalue weighted by Crippen LogP contribution is 2.31. The van der Waals surface area contributed by atoms with Gasteiger partial charge in [0, 0.05) is 20.1 Å². The average Bonchev–Trinajstić information content (AvgIpc) is 2.86. The topological polar surface area (TPSA) is 55.9 Å². The van der Waals surface area contributed by atoms with Gasteiger partial charge in [0.1, 0.15) is 5.82 Å². The molecule has 0 spiro atoms. The molecule has 2 saturated heterocycles. The molecule has 2 fully saturated rings. The van der Waals surface area contributed by atoms with E-state index in [1.807, 2.05) is 12.1 Å². The molecule has 188 valence electrons. The van der Waals surface area contributed by atoms with Gasteiger partial charge in [-0.3, -0.25) is 0 Å². The molecule has 4 amide bonds. The number of nitrogens with zero attached hydrogens (tertiary/aromatic N) is 3. The van der Waals surface area contributed by atoms with E-state index in [0.717, 1.165) is 55.9 Å². The van der Waals surface area contributed by atoms with Crippen LogP contribution in [0.1, 0.15) is 48.8 Å². The summed E-state index contributed by atoms with van der Waals surface area (Å²) in [5, 5.41) is 2.82. The van der Waals surface area contributed by atoms with E-state index in [-0.39, 0.29) is 5.82 Å². The first kappa shape index (κ1) is 25.0. The smallest absolute Gasteiger partial charge is 0.328 e. The van der Waals surface area contributed by atoms with E-state index in [2.05, 4.69) is 10.2 Å². The summed E-state index contributed by atoms with van der Waals surface area (Å²) in [5.74, 6) is -1.76. The standard InChI is InChI=1S/C26H31F3N4O2/c1-31-14-11-24(20-5-8-22(28)23(29)17-20)33(26(31)35)25(34)30-12-2-13-32-15-9-19(10-16-32)18-3-6-21(27)7-4-18/h3-8,17,19,24H,2,9-16H2,1H3,(H,30,34). The highest BCUT2D eigenvalue weighted by atomic mass is 19.2. The molecule has 2 aromatic rings. The number of rotatable bonds is 6. The highest BCUT2D eigenvalue weighted by Gasteiger charge is 2.37. The average molecular weight is 489 g/mol. The molecule has 0 aromatic heterocycles. The van der Waals surface area contributed by atoms with Crippen LogP contribution in [0.5, 0.6) is 0 Å². The van der Waals surface area contributed by atoms with E-state index >= 15 is 0 Å². The van der Waals surface area contributed by atoms with Crippen molar-refractivity contribution in [3.8, 4) is 0 Å². The Kier molecular flexibility index (Phi) is 7.95. The number of carbonyl (C=O) groups excluding carboxylic acids is 2. The van der Waals surface area contributed by atoms with Crippen molar-refractivity contribution in [2.45, 2.75) is 37.6 Å². The number of imide groups is 1. The summed E-state index contributed by atoms with van der Waals surface area (Å²) in [6, 6.07) is 8.56. The van der Waals surface area contributed by atoms with Crippen molar-refractivity contribution in [1.82, 2.24) is 20.0 Å². The maximum Gasteiger partial charge on any atom is 0.328 e. The Balaban J connectivity index is 1.26. The van der Waals surface area contributed by atoms with E-state index < -0.39 is 29.7 Å². The number of nitrogens with one attached hydrogen (secondary N) is 1. The van der Waals surface area contributed by atoms with E-state index in [1.54, 1.807) is 7.05 Å². The summed E-state index contributed by atoms with van der Waals surface area (Å²) in [6.45, 7) is 3.50. The van der Waals surface area contributed by atoms with Crippen molar-refractivity contribution in [3.05, 3.63) is 71.0 Å². The van der Waals surface area contributed by atoms with Crippen LogP contribution in [0.25, 0.3) is 0 Å². The molecule has 6 nitrogen and oxygen atoms in total. The maximum atomic E-state index is 13.8.